The fourth-order valence-corrected chi connectivity index (χ4v) is 5.11. The standard InChI is InChI=1S/C9H13NO5S/c1-10-8(11)6-4-2-16(14,15)3-5(4)7(6)9(12)13/h4-7H,2-3H2,1H3,(H,10,11)(H,12,13). The quantitative estimate of drug-likeness (QED) is 0.633. The van der Waals surface area contributed by atoms with E-state index in [1.807, 2.05) is 0 Å². The van der Waals surface area contributed by atoms with E-state index in [0.717, 1.165) is 0 Å². The molecule has 1 heterocycles. The molecule has 0 aromatic heterocycles. The van der Waals surface area contributed by atoms with Crippen LogP contribution in [0, 0.1) is 23.7 Å². The number of hydrogen-bond acceptors (Lipinski definition) is 4. The van der Waals surface area contributed by atoms with Crippen molar-refractivity contribution >= 4 is 21.7 Å². The summed E-state index contributed by atoms with van der Waals surface area (Å²) in [6.07, 6.45) is 0. The van der Waals surface area contributed by atoms with E-state index < -0.39 is 27.6 Å². The number of nitrogens with one attached hydrogen (secondary N) is 1. The highest BCUT2D eigenvalue weighted by molar-refractivity contribution is 7.91. The Balaban J connectivity index is 2.26. The molecule has 90 valence electrons. The van der Waals surface area contributed by atoms with E-state index in [1.165, 1.54) is 7.05 Å². The minimum Gasteiger partial charge on any atom is -0.481 e. The van der Waals surface area contributed by atoms with Crippen molar-refractivity contribution in [1.82, 2.24) is 5.32 Å². The summed E-state index contributed by atoms with van der Waals surface area (Å²) in [6.45, 7) is 0. The molecule has 7 heteroatoms. The molecular formula is C9H13NO5S. The minimum atomic E-state index is -3.17. The summed E-state index contributed by atoms with van der Waals surface area (Å²) >= 11 is 0. The van der Waals surface area contributed by atoms with Crippen LogP contribution in [0.4, 0.5) is 0 Å². The molecule has 1 saturated heterocycles. The number of amides is 1. The van der Waals surface area contributed by atoms with Crippen molar-refractivity contribution < 1.29 is 23.1 Å². The van der Waals surface area contributed by atoms with Gasteiger partial charge in [-0.1, -0.05) is 0 Å². The predicted molar refractivity (Wildman–Crippen MR) is 54.3 cm³/mol. The molecule has 16 heavy (non-hydrogen) atoms. The second kappa shape index (κ2) is 3.44. The number of sulfone groups is 1. The highest BCUT2D eigenvalue weighted by Crippen LogP contribution is 2.51. The molecule has 2 aliphatic rings. The van der Waals surface area contributed by atoms with E-state index in [1.54, 1.807) is 0 Å². The number of aliphatic carboxylic acids is 1. The molecule has 4 unspecified atom stereocenters. The summed E-state index contributed by atoms with van der Waals surface area (Å²) in [4.78, 5) is 22.5. The molecule has 2 fully saturated rings. The van der Waals surface area contributed by atoms with Gasteiger partial charge >= 0.3 is 5.97 Å². The van der Waals surface area contributed by atoms with Crippen molar-refractivity contribution in [1.29, 1.82) is 0 Å². The molecule has 2 rings (SSSR count). The number of rotatable bonds is 2. The van der Waals surface area contributed by atoms with Crippen LogP contribution in [0.25, 0.3) is 0 Å². The summed E-state index contributed by atoms with van der Waals surface area (Å²) in [5, 5.41) is 11.4. The monoisotopic (exact) mass is 247 g/mol. The lowest BCUT2D eigenvalue weighted by molar-refractivity contribution is -0.162. The summed E-state index contributed by atoms with van der Waals surface area (Å²) in [6, 6.07) is 0. The predicted octanol–water partition coefficient (Wildman–Crippen LogP) is -1.28. The Morgan fingerprint density at radius 1 is 1.19 bits per heavy atom. The maximum absolute atomic E-state index is 11.5. The van der Waals surface area contributed by atoms with Gasteiger partial charge in [0, 0.05) is 7.05 Å². The van der Waals surface area contributed by atoms with Crippen LogP contribution >= 0.6 is 0 Å². The van der Waals surface area contributed by atoms with Gasteiger partial charge in [-0.3, -0.25) is 9.59 Å². The summed E-state index contributed by atoms with van der Waals surface area (Å²) in [5.74, 6) is -3.83. The third kappa shape index (κ3) is 1.50. The lowest BCUT2D eigenvalue weighted by atomic mass is 9.58. The molecule has 2 N–H and O–H groups in total. The van der Waals surface area contributed by atoms with Gasteiger partial charge in [-0.15, -0.1) is 0 Å². The van der Waals surface area contributed by atoms with Crippen LogP contribution in [-0.4, -0.2) is 44.0 Å². The first kappa shape index (κ1) is 11.4. The van der Waals surface area contributed by atoms with Gasteiger partial charge in [0.2, 0.25) is 5.91 Å². The summed E-state index contributed by atoms with van der Waals surface area (Å²) in [7, 11) is -1.74. The van der Waals surface area contributed by atoms with Crippen molar-refractivity contribution in [2.24, 2.45) is 23.7 Å². The van der Waals surface area contributed by atoms with Crippen molar-refractivity contribution in [3.8, 4) is 0 Å². The van der Waals surface area contributed by atoms with Crippen molar-refractivity contribution in [3.63, 3.8) is 0 Å². The number of hydrogen-bond donors (Lipinski definition) is 2. The van der Waals surface area contributed by atoms with E-state index in [4.69, 9.17) is 5.11 Å². The van der Waals surface area contributed by atoms with E-state index in [2.05, 4.69) is 5.32 Å². The third-order valence-electron chi connectivity index (χ3n) is 3.59. The molecule has 0 aromatic rings. The van der Waals surface area contributed by atoms with Gasteiger partial charge in [-0.25, -0.2) is 8.42 Å². The molecule has 1 aliphatic heterocycles. The number of carbonyl (C=O) groups is 2. The highest BCUT2D eigenvalue weighted by atomic mass is 32.2. The molecule has 0 spiro atoms. The molecular weight excluding hydrogens is 234 g/mol. The largest absolute Gasteiger partial charge is 0.481 e. The first-order valence-corrected chi connectivity index (χ1v) is 6.84. The fraction of sp³-hybridized carbons (Fsp3) is 0.778. The molecule has 1 amide bonds. The Morgan fingerprint density at radius 2 is 1.69 bits per heavy atom. The molecule has 6 nitrogen and oxygen atoms in total. The van der Waals surface area contributed by atoms with Crippen LogP contribution in [0.15, 0.2) is 0 Å². The van der Waals surface area contributed by atoms with Crippen LogP contribution in [0.5, 0.6) is 0 Å². The smallest absolute Gasteiger partial charge is 0.307 e. The van der Waals surface area contributed by atoms with Crippen LogP contribution in [0.3, 0.4) is 0 Å². The van der Waals surface area contributed by atoms with Gasteiger partial charge < -0.3 is 10.4 Å². The van der Waals surface area contributed by atoms with Gasteiger partial charge in [0.1, 0.15) is 0 Å². The summed E-state index contributed by atoms with van der Waals surface area (Å²) in [5.41, 5.74) is 0. The average molecular weight is 247 g/mol. The normalized spacial score (nSPS) is 39.6. The third-order valence-corrected chi connectivity index (χ3v) is 5.37. The summed E-state index contributed by atoms with van der Waals surface area (Å²) < 4.78 is 22.8. The topological polar surface area (TPSA) is 101 Å². The molecule has 1 aliphatic carbocycles. The fourth-order valence-electron chi connectivity index (χ4n) is 2.89. The first-order valence-electron chi connectivity index (χ1n) is 5.02. The Morgan fingerprint density at radius 3 is 2.12 bits per heavy atom. The maximum Gasteiger partial charge on any atom is 0.307 e. The second-order valence-electron chi connectivity index (χ2n) is 4.41. The van der Waals surface area contributed by atoms with E-state index in [-0.39, 0.29) is 29.2 Å². The van der Waals surface area contributed by atoms with E-state index >= 15 is 0 Å². The lowest BCUT2D eigenvalue weighted by Gasteiger charge is -2.43. The second-order valence-corrected chi connectivity index (χ2v) is 6.56. The Kier molecular flexibility index (Phi) is 2.45. The van der Waals surface area contributed by atoms with Gasteiger partial charge in [0.15, 0.2) is 9.84 Å². The van der Waals surface area contributed by atoms with Crippen molar-refractivity contribution in [2.75, 3.05) is 18.6 Å². The number of carbonyl (C=O) groups excluding carboxylic acids is 1. The zero-order valence-corrected chi connectivity index (χ0v) is 9.53. The van der Waals surface area contributed by atoms with Gasteiger partial charge in [0.25, 0.3) is 0 Å². The first-order chi connectivity index (χ1) is 7.37. The molecule has 0 aromatic carbocycles. The van der Waals surface area contributed by atoms with Crippen molar-refractivity contribution in [3.05, 3.63) is 0 Å². The van der Waals surface area contributed by atoms with Crippen LogP contribution < -0.4 is 5.32 Å². The van der Waals surface area contributed by atoms with Crippen LogP contribution in [0.1, 0.15) is 0 Å². The van der Waals surface area contributed by atoms with E-state index in [9.17, 15) is 18.0 Å². The molecule has 1 saturated carbocycles. The maximum atomic E-state index is 11.5. The molecule has 0 radical (unpaired) electrons. The number of fused-ring (bicyclic) bond motifs is 1. The van der Waals surface area contributed by atoms with Gasteiger partial charge in [-0.2, -0.15) is 0 Å². The van der Waals surface area contributed by atoms with Crippen LogP contribution in [-0.2, 0) is 19.4 Å². The number of carboxylic acid groups (broad SMARTS) is 1. The van der Waals surface area contributed by atoms with Gasteiger partial charge in [-0.05, 0) is 11.8 Å². The molecule has 4 atom stereocenters. The van der Waals surface area contributed by atoms with Gasteiger partial charge in [0.05, 0.1) is 23.3 Å². The highest BCUT2D eigenvalue weighted by Gasteiger charge is 2.62. The van der Waals surface area contributed by atoms with Crippen LogP contribution in [0.2, 0.25) is 0 Å². The SMILES string of the molecule is CNC(=O)C1C2CS(=O)(=O)CC2C1C(=O)O. The van der Waals surface area contributed by atoms with Crippen molar-refractivity contribution in [2.45, 2.75) is 0 Å². The molecule has 0 bridgehead atoms. The lowest BCUT2D eigenvalue weighted by Crippen LogP contribution is -2.56. The number of carboxylic acids is 1. The zero-order chi connectivity index (χ0) is 12.1. The Hall–Kier alpha value is -1.11. The van der Waals surface area contributed by atoms with E-state index in [0.29, 0.717) is 0 Å². The Labute approximate surface area is 92.9 Å². The zero-order valence-electron chi connectivity index (χ0n) is 8.71. The Bertz CT molecular complexity index is 443. The minimum absolute atomic E-state index is 0.0560. The average Bonchev–Trinajstić information content (AvgIpc) is 2.41.